The second-order valence-electron chi connectivity index (χ2n) is 9.05. The zero-order valence-electron chi connectivity index (χ0n) is 20.3. The molecule has 4 rings (SSSR count). The number of rotatable bonds is 6. The smallest absolute Gasteiger partial charge is 0.330 e. The molecule has 1 atom stereocenters. The van der Waals surface area contributed by atoms with E-state index in [9.17, 15) is 22.2 Å². The van der Waals surface area contributed by atoms with Crippen molar-refractivity contribution in [1.29, 1.82) is 5.26 Å². The van der Waals surface area contributed by atoms with Crippen molar-refractivity contribution < 1.29 is 22.2 Å². The summed E-state index contributed by atoms with van der Waals surface area (Å²) < 4.78 is 56.3. The molecule has 1 saturated heterocycles. The number of hydrogen-bond donors (Lipinski definition) is 1. The highest BCUT2D eigenvalue weighted by Crippen LogP contribution is 2.38. The van der Waals surface area contributed by atoms with Gasteiger partial charge in [-0.15, -0.1) is 0 Å². The van der Waals surface area contributed by atoms with Gasteiger partial charge in [0, 0.05) is 17.6 Å². The molecule has 1 fully saturated rings. The molecule has 1 unspecified atom stereocenters. The number of alkyl halides is 3. The summed E-state index contributed by atoms with van der Waals surface area (Å²) in [5.74, 6) is 3.59. The number of nitriles is 1. The van der Waals surface area contributed by atoms with Crippen molar-refractivity contribution in [3.63, 3.8) is 0 Å². The summed E-state index contributed by atoms with van der Waals surface area (Å²) >= 11 is 5.52. The zero-order valence-corrected chi connectivity index (χ0v) is 22.0. The van der Waals surface area contributed by atoms with Crippen LogP contribution in [0.25, 0.3) is 0 Å². The molecule has 0 aliphatic carbocycles. The Labute approximate surface area is 223 Å². The fourth-order valence-corrected chi connectivity index (χ4v) is 5.62. The fourth-order valence-electron chi connectivity index (χ4n) is 3.96. The molecule has 1 aliphatic rings. The number of nitrogens with one attached hydrogen (secondary N) is 1. The third kappa shape index (κ3) is 5.07. The number of pyridine rings is 1. The van der Waals surface area contributed by atoms with Crippen molar-refractivity contribution in [2.75, 3.05) is 9.62 Å². The molecule has 1 aromatic heterocycles. The predicted molar refractivity (Wildman–Crippen MR) is 144 cm³/mol. The number of benzene rings is 2. The van der Waals surface area contributed by atoms with Gasteiger partial charge in [0.1, 0.15) is 11.4 Å². The predicted octanol–water partition coefficient (Wildman–Crippen LogP) is 4.99. The Balaban J connectivity index is 1.57. The van der Waals surface area contributed by atoms with Crippen LogP contribution in [0.5, 0.6) is 0 Å². The summed E-state index contributed by atoms with van der Waals surface area (Å²) in [6, 6.07) is 16.6. The molecule has 0 bridgehead atoms. The Morgan fingerprint density at radius 2 is 1.84 bits per heavy atom. The molecule has 196 valence electrons. The van der Waals surface area contributed by atoms with Crippen LogP contribution in [-0.4, -0.2) is 36.5 Å². The Bertz CT molecular complexity index is 1550. The average Bonchev–Trinajstić information content (AvgIpc) is 3.03. The highest BCUT2D eigenvalue weighted by molar-refractivity contribution is 8.01. The van der Waals surface area contributed by atoms with Crippen LogP contribution in [0.3, 0.4) is 0 Å². The third-order valence-electron chi connectivity index (χ3n) is 6.07. The van der Waals surface area contributed by atoms with Crippen LogP contribution in [0, 0.1) is 11.3 Å². The van der Waals surface area contributed by atoms with Crippen molar-refractivity contribution in [1.82, 2.24) is 9.88 Å². The van der Waals surface area contributed by atoms with Gasteiger partial charge >= 0.3 is 6.18 Å². The number of anilines is 2. The first kappa shape index (κ1) is 27.1. The van der Waals surface area contributed by atoms with Crippen LogP contribution in [-0.2, 0) is 27.2 Å². The van der Waals surface area contributed by atoms with Gasteiger partial charge < -0.3 is 4.90 Å². The lowest BCUT2D eigenvalue weighted by Crippen LogP contribution is -2.43. The third-order valence-corrected chi connectivity index (χ3v) is 8.04. The minimum atomic E-state index is -4.78. The molecule has 0 spiro atoms. The van der Waals surface area contributed by atoms with Crippen LogP contribution in [0.4, 0.5) is 24.7 Å². The Morgan fingerprint density at radius 3 is 2.42 bits per heavy atom. The molecule has 3 aromatic rings. The number of carbonyl (C=O) groups is 1. The lowest BCUT2D eigenvalue weighted by molar-refractivity contribution is -0.137. The maximum Gasteiger partial charge on any atom is 0.417 e. The first-order valence-corrected chi connectivity index (χ1v) is 13.3. The van der Waals surface area contributed by atoms with E-state index in [1.807, 2.05) is 0 Å². The van der Waals surface area contributed by atoms with Gasteiger partial charge in [-0.25, -0.2) is 9.19 Å². The SMILES string of the molecule is C=S(=O)(Nc1ccc(CN2C(=S)N(c3ccc(C#N)c(C(F)(F)F)c3)C(=O)C2(C)C)cn1)c1ccccc1. The zero-order chi connectivity index (χ0) is 27.9. The molecule has 2 heterocycles. The topological polar surface area (TPSA) is 89.3 Å². The molecule has 0 saturated carbocycles. The van der Waals surface area contributed by atoms with Crippen LogP contribution in [0.2, 0.25) is 0 Å². The van der Waals surface area contributed by atoms with Gasteiger partial charge in [-0.05, 0) is 73.9 Å². The molecule has 12 heteroatoms. The van der Waals surface area contributed by atoms with Crippen molar-refractivity contribution in [3.05, 3.63) is 83.6 Å². The van der Waals surface area contributed by atoms with E-state index in [0.717, 1.165) is 17.0 Å². The molecule has 7 nitrogen and oxygen atoms in total. The van der Waals surface area contributed by atoms with Crippen molar-refractivity contribution in [3.8, 4) is 6.07 Å². The number of hydrogen-bond acceptors (Lipinski definition) is 5. The quantitative estimate of drug-likeness (QED) is 0.430. The van der Waals surface area contributed by atoms with Gasteiger partial charge in [-0.1, -0.05) is 24.3 Å². The van der Waals surface area contributed by atoms with Gasteiger partial charge in [-0.2, -0.15) is 18.4 Å². The second kappa shape index (κ2) is 9.74. The molecule has 1 aliphatic heterocycles. The first-order valence-electron chi connectivity index (χ1n) is 11.2. The van der Waals surface area contributed by atoms with Crippen LogP contribution in [0.1, 0.15) is 30.5 Å². The van der Waals surface area contributed by atoms with Crippen molar-refractivity contribution in [2.24, 2.45) is 0 Å². The molecular weight excluding hydrogens is 535 g/mol. The number of nitrogens with zero attached hydrogens (tertiary/aromatic N) is 4. The molecule has 1 amide bonds. The Morgan fingerprint density at radius 1 is 1.16 bits per heavy atom. The highest BCUT2D eigenvalue weighted by Gasteiger charge is 2.49. The van der Waals surface area contributed by atoms with Gasteiger partial charge in [0.05, 0.1) is 32.6 Å². The summed E-state index contributed by atoms with van der Waals surface area (Å²) in [5, 5.41) is 9.10. The Hall–Kier alpha value is -3.95. The molecule has 1 N–H and O–H groups in total. The van der Waals surface area contributed by atoms with Crippen LogP contribution >= 0.6 is 12.2 Å². The van der Waals surface area contributed by atoms with Gasteiger partial charge in [0.15, 0.2) is 5.11 Å². The normalized spacial score (nSPS) is 16.7. The lowest BCUT2D eigenvalue weighted by atomic mass is 10.0. The Kier molecular flexibility index (Phi) is 6.94. The summed E-state index contributed by atoms with van der Waals surface area (Å²) in [7, 11) is -2.84. The molecule has 0 radical (unpaired) electrons. The minimum absolute atomic E-state index is 0.0184. The standard InChI is InChI=1S/C26H22F3N5O2S2/c1-25(2)23(35)34(19-11-10-18(14-30)21(13-19)26(27,28)29)24(37)33(25)16-17-9-12-22(31-15-17)32-38(3,36)20-7-5-4-6-8-20/h4-13,15H,3,16H2,1-2H3,(H,31,32,36). The van der Waals surface area contributed by atoms with Crippen LogP contribution < -0.4 is 9.62 Å². The molecule has 38 heavy (non-hydrogen) atoms. The number of carbonyl (C=O) groups excluding carboxylic acids is 1. The summed E-state index contributed by atoms with van der Waals surface area (Å²) in [4.78, 5) is 20.7. The van der Waals surface area contributed by atoms with Crippen molar-refractivity contribution in [2.45, 2.75) is 37.0 Å². The van der Waals surface area contributed by atoms with Gasteiger partial charge in [-0.3, -0.25) is 14.4 Å². The number of halogens is 3. The van der Waals surface area contributed by atoms with E-state index in [2.05, 4.69) is 15.6 Å². The fraction of sp³-hybridized carbons (Fsp3) is 0.192. The maximum absolute atomic E-state index is 13.5. The van der Waals surface area contributed by atoms with Crippen LogP contribution in [0.15, 0.2) is 71.8 Å². The van der Waals surface area contributed by atoms with Gasteiger partial charge in [0.25, 0.3) is 5.91 Å². The van der Waals surface area contributed by atoms with E-state index in [-0.39, 0.29) is 17.3 Å². The lowest BCUT2D eigenvalue weighted by Gasteiger charge is -2.29. The number of amides is 1. The number of aromatic nitrogens is 1. The maximum atomic E-state index is 13.5. The van der Waals surface area contributed by atoms with E-state index in [1.54, 1.807) is 61.2 Å². The summed E-state index contributed by atoms with van der Waals surface area (Å²) in [6.07, 6.45) is -3.25. The van der Waals surface area contributed by atoms with Gasteiger partial charge in [0.2, 0.25) is 0 Å². The van der Waals surface area contributed by atoms with E-state index in [1.165, 1.54) is 18.3 Å². The molecule has 2 aromatic carbocycles. The second-order valence-corrected chi connectivity index (χ2v) is 11.4. The highest BCUT2D eigenvalue weighted by atomic mass is 32.2. The minimum Gasteiger partial charge on any atom is -0.330 e. The monoisotopic (exact) mass is 557 g/mol. The summed E-state index contributed by atoms with van der Waals surface area (Å²) in [6.45, 7) is 3.39. The largest absolute Gasteiger partial charge is 0.417 e. The van der Waals surface area contributed by atoms with E-state index in [0.29, 0.717) is 16.3 Å². The van der Waals surface area contributed by atoms with Crippen molar-refractivity contribution >= 4 is 50.3 Å². The van der Waals surface area contributed by atoms with E-state index < -0.39 is 38.5 Å². The first-order chi connectivity index (χ1) is 17.8. The average molecular weight is 558 g/mol. The van der Waals surface area contributed by atoms with E-state index in [4.69, 9.17) is 17.5 Å². The van der Waals surface area contributed by atoms with E-state index >= 15 is 0 Å². The summed E-state index contributed by atoms with van der Waals surface area (Å²) in [5.41, 5.74) is -2.28. The molecular formula is C26H22F3N5O2S2. The number of thiocarbonyl (C=S) groups is 1.